The van der Waals surface area contributed by atoms with Gasteiger partial charge in [-0.1, -0.05) is 35.4 Å². The lowest BCUT2D eigenvalue weighted by atomic mass is 9.73. The fraction of sp³-hybridized carbons (Fsp3) is 0.256. The Labute approximate surface area is 362 Å². The van der Waals surface area contributed by atoms with Crippen molar-refractivity contribution in [3.8, 4) is 119 Å². The molecule has 1 aromatic carbocycles. The van der Waals surface area contributed by atoms with Crippen LogP contribution in [0.3, 0.4) is 0 Å². The number of carbonyl (C=O) groups excluding carboxylic acids is 1. The number of nitrogens with zero attached hydrogens (tertiary/aromatic N) is 9. The molecule has 2 aliphatic heterocycles. The average molecular weight is 816 g/mol. The minimum Gasteiger partial charge on any atom is -0.390 e. The third-order valence-electron chi connectivity index (χ3n) is 8.33. The Kier molecular flexibility index (Phi) is 19.0. The third kappa shape index (κ3) is 13.9. The number of terminal acetylenes is 1. The number of piperidine rings is 1. The summed E-state index contributed by atoms with van der Waals surface area (Å²) in [7, 11) is 1.56. The number of hydrazine groups is 1. The predicted octanol–water partition coefficient (Wildman–Crippen LogP) is 3.37. The number of benzene rings is 1. The molecule has 7 N–H and O–H groups in total. The van der Waals surface area contributed by atoms with Crippen LogP contribution in [0, 0.1) is 134 Å². The minimum atomic E-state index is -0.907. The Morgan fingerprint density at radius 3 is 2.03 bits per heavy atom. The zero-order valence-electron chi connectivity index (χ0n) is 32.3. The Morgan fingerprint density at radius 2 is 1.53 bits per heavy atom. The molecule has 1 aliphatic carbocycles. The van der Waals surface area contributed by atoms with Crippen LogP contribution in [0.1, 0.15) is 68.3 Å². The molecule has 314 valence electrons. The van der Waals surface area contributed by atoms with Gasteiger partial charge in [0.05, 0.1) is 23.9 Å². The van der Waals surface area contributed by atoms with Crippen molar-refractivity contribution < 1.29 is 29.2 Å². The number of likely N-dealkylation sites (N-methyl/N-ethyl adjacent to an activating group) is 1. The van der Waals surface area contributed by atoms with E-state index < -0.39 is 5.03 Å². The highest BCUT2D eigenvalue weighted by atomic mass is 16.7. The summed E-state index contributed by atoms with van der Waals surface area (Å²) in [6.07, 6.45) is 7.85. The van der Waals surface area contributed by atoms with Crippen LogP contribution in [0.2, 0.25) is 0 Å². The van der Waals surface area contributed by atoms with Gasteiger partial charge in [0.25, 0.3) is 5.91 Å². The number of rotatable bonds is 6. The number of anilines is 1. The molecule has 17 heteroatoms. The Hall–Kier alpha value is -9.04. The van der Waals surface area contributed by atoms with Crippen molar-refractivity contribution in [1.82, 2.24) is 20.8 Å². The normalized spacial score (nSPS) is 13.6. The number of nitro groups is 1. The van der Waals surface area contributed by atoms with E-state index in [-0.39, 0.29) is 43.9 Å². The van der Waals surface area contributed by atoms with E-state index in [1.54, 1.807) is 14.0 Å². The van der Waals surface area contributed by atoms with Crippen molar-refractivity contribution in [3.05, 3.63) is 62.6 Å². The van der Waals surface area contributed by atoms with Crippen LogP contribution < -0.4 is 27.3 Å². The highest BCUT2D eigenvalue weighted by molar-refractivity contribution is 6.45. The van der Waals surface area contributed by atoms with E-state index in [0.29, 0.717) is 29.4 Å². The lowest BCUT2D eigenvalue weighted by molar-refractivity contribution is -0.546. The monoisotopic (exact) mass is 815 g/mol. The zero-order chi connectivity index (χ0) is 43.4. The van der Waals surface area contributed by atoms with Crippen LogP contribution in [-0.2, 0) is 24.4 Å². The quantitative estimate of drug-likeness (QED) is 0.0935. The number of aliphatic imine (C=N–C) groups is 1. The van der Waals surface area contributed by atoms with Gasteiger partial charge >= 0.3 is 0 Å². The largest absolute Gasteiger partial charge is 0.390 e. The molecular weight excluding hydrogens is 763 g/mol. The van der Waals surface area contributed by atoms with Gasteiger partial charge in [0.15, 0.2) is 16.8 Å². The standard InChI is InChI=1S/C22H26N6O2.C21H4.H3N7O2.10H2/c1-24-21(30)18-17-15(11-25-18)27-20(16(12-29)26-17)28-8-6-22(7-9-28)10-13-4-2-3-5-14(13)19(22)23;1-3-5-7-9-11-13-15-17-19-21-20-18-16-14-12-10-8-6-4-2;1-2-3-4-5-6-7(8)9;;;;;;;;;;/h2-5,19,29H,6-12,23H2,1H3,(H,24,30);1H,2H3;(H2,1,3,5)(H,2,4,6);10*1H/t19-;;;;;;;;;;;;/m1............/s1. The second kappa shape index (κ2) is 25.2. The van der Waals surface area contributed by atoms with E-state index in [0.717, 1.165) is 32.4 Å². The zero-order valence-corrected chi connectivity index (χ0v) is 32.3. The van der Waals surface area contributed by atoms with E-state index in [4.69, 9.17) is 17.1 Å². The van der Waals surface area contributed by atoms with Gasteiger partial charge in [-0.05, 0) is 137 Å². The highest BCUT2D eigenvalue weighted by Crippen LogP contribution is 2.51. The van der Waals surface area contributed by atoms with Crippen molar-refractivity contribution in [2.24, 2.45) is 42.9 Å². The maximum atomic E-state index is 12.0. The smallest absolute Gasteiger partial charge is 0.271 e. The minimum absolute atomic E-state index is 0. The molecule has 3 aliphatic rings. The van der Waals surface area contributed by atoms with Crippen molar-refractivity contribution in [2.45, 2.75) is 45.4 Å². The lowest BCUT2D eigenvalue weighted by Gasteiger charge is -2.43. The molecule has 1 spiro atoms. The van der Waals surface area contributed by atoms with E-state index in [9.17, 15) is 20.0 Å². The van der Waals surface area contributed by atoms with E-state index in [1.807, 2.05) is 0 Å². The molecular formula is C43H53N13O4. The van der Waals surface area contributed by atoms with Crippen LogP contribution in [0.4, 0.5) is 5.82 Å². The van der Waals surface area contributed by atoms with Gasteiger partial charge in [-0.2, -0.15) is 0 Å². The Balaban J connectivity index is -0.000000144. The first-order valence-corrected chi connectivity index (χ1v) is 17.4. The number of nitrogens with two attached hydrogens (primary N) is 2. The van der Waals surface area contributed by atoms with E-state index >= 15 is 0 Å². The van der Waals surface area contributed by atoms with Crippen LogP contribution in [0.25, 0.3) is 0 Å². The van der Waals surface area contributed by atoms with Gasteiger partial charge in [0.2, 0.25) is 0 Å². The maximum absolute atomic E-state index is 12.0. The molecule has 1 fully saturated rings. The maximum Gasteiger partial charge on any atom is 0.271 e. The molecule has 1 amide bonds. The summed E-state index contributed by atoms with van der Waals surface area (Å²) in [6, 6.07) is 8.55. The topological polar surface area (TPSA) is 247 Å². The number of carbonyl (C=O) groups is 1. The Bertz CT molecular complexity index is 2730. The van der Waals surface area contributed by atoms with Crippen molar-refractivity contribution in [1.29, 1.82) is 0 Å². The van der Waals surface area contributed by atoms with Crippen molar-refractivity contribution >= 4 is 17.4 Å². The number of hydrogen-bond acceptors (Lipinski definition) is 11. The number of fused-ring (bicyclic) bond motifs is 2. The van der Waals surface area contributed by atoms with E-state index in [1.165, 1.54) is 16.7 Å². The van der Waals surface area contributed by atoms with Gasteiger partial charge in [-0.15, -0.1) is 6.42 Å². The van der Waals surface area contributed by atoms with Crippen LogP contribution in [0.15, 0.2) is 50.2 Å². The summed E-state index contributed by atoms with van der Waals surface area (Å²) in [5.74, 6) is 51.8. The molecule has 1 aromatic heterocycles. The van der Waals surface area contributed by atoms with Gasteiger partial charge in [0.1, 0.15) is 16.6 Å². The van der Waals surface area contributed by atoms with Gasteiger partial charge in [0, 0.05) is 63.0 Å². The van der Waals surface area contributed by atoms with E-state index in [2.05, 4.69) is 184 Å². The van der Waals surface area contributed by atoms with Crippen molar-refractivity contribution in [2.75, 3.05) is 25.0 Å². The van der Waals surface area contributed by atoms with Crippen LogP contribution >= 0.6 is 0 Å². The number of hydrogen-bond donors (Lipinski definition) is 5. The fourth-order valence-electron chi connectivity index (χ4n) is 5.82. The summed E-state index contributed by atoms with van der Waals surface area (Å²) in [6.45, 7) is 3.42. The first-order valence-electron chi connectivity index (χ1n) is 17.4. The summed E-state index contributed by atoms with van der Waals surface area (Å²) in [5.41, 5.74) is 12.7. The van der Waals surface area contributed by atoms with Gasteiger partial charge < -0.3 is 37.0 Å². The molecule has 1 saturated heterocycles. The number of aromatic nitrogens is 2. The van der Waals surface area contributed by atoms with Crippen LogP contribution in [0.5, 0.6) is 0 Å². The average Bonchev–Trinajstić information content (AvgIpc) is 3.80. The number of aliphatic hydroxyl groups is 1. The molecule has 5 rings (SSSR count). The predicted molar refractivity (Wildman–Crippen MR) is 243 cm³/mol. The second-order valence-corrected chi connectivity index (χ2v) is 11.7. The molecule has 17 nitrogen and oxygen atoms in total. The summed E-state index contributed by atoms with van der Waals surface area (Å²) in [4.78, 5) is 37.2. The van der Waals surface area contributed by atoms with Crippen molar-refractivity contribution in [3.63, 3.8) is 0 Å². The molecule has 1 atom stereocenters. The second-order valence-electron chi connectivity index (χ2n) is 11.7. The molecule has 0 unspecified atom stereocenters. The SMILES string of the molecule is C#CC#CC#CC#CC#CC#CC#CC#CC#CC#CC.CNC(=O)C1=NCc2nc(N3CCC4(CC3)Cc3ccccc3[C@H]4N)c(CO)nc21.NN=NN=NN[N+](=O)[O-].[HH].[HH].[HH].[HH].[HH].[HH].[HH].[HH].[HH].[HH]. The third-order valence-corrected chi connectivity index (χ3v) is 8.33. The molecule has 2 aromatic rings. The molecule has 60 heavy (non-hydrogen) atoms. The fourth-order valence-corrected chi connectivity index (χ4v) is 5.82. The number of amides is 1. The van der Waals surface area contributed by atoms with Gasteiger partial charge in [-0.25, -0.2) is 9.97 Å². The first-order chi connectivity index (χ1) is 29.2. The summed E-state index contributed by atoms with van der Waals surface area (Å²) >= 11 is 0. The molecule has 0 saturated carbocycles. The van der Waals surface area contributed by atoms with Crippen LogP contribution in [-0.4, -0.2) is 51.9 Å². The summed E-state index contributed by atoms with van der Waals surface area (Å²) in [5, 5.41) is 31.8. The molecule has 0 radical (unpaired) electrons. The number of aliphatic hydroxyl groups excluding tert-OH is 1. The molecule has 0 bridgehead atoms. The van der Waals surface area contributed by atoms with Gasteiger partial charge in [-0.3, -0.25) is 9.79 Å². The number of nitrogens with one attached hydrogen (secondary N) is 2. The highest BCUT2D eigenvalue weighted by Gasteiger charge is 2.46. The Morgan fingerprint density at radius 1 is 0.967 bits per heavy atom. The first kappa shape index (κ1) is 45.4. The molecule has 3 heterocycles. The lowest BCUT2D eigenvalue weighted by Crippen LogP contribution is -2.45. The summed E-state index contributed by atoms with van der Waals surface area (Å²) < 4.78 is 0.